The molecule has 18 heavy (non-hydrogen) atoms. The van der Waals surface area contributed by atoms with Crippen LogP contribution in [0.25, 0.3) is 10.6 Å². The molecule has 0 fully saturated rings. The largest absolute Gasteiger partial charge is 0.496 e. The van der Waals surface area contributed by atoms with E-state index in [4.69, 9.17) is 4.74 Å². The van der Waals surface area contributed by atoms with Crippen LogP contribution < -0.4 is 10.1 Å². The second kappa shape index (κ2) is 6.31. The molecule has 0 spiro atoms. The molecule has 0 unspecified atom stereocenters. The van der Waals surface area contributed by atoms with Gasteiger partial charge >= 0.3 is 0 Å². The third-order valence-corrected chi connectivity index (χ3v) is 4.14. The Hall–Kier alpha value is -0.910. The SMILES string of the molecule is CNCCc1csc(-c2ccc(OC)c(Br)c2)n1. The van der Waals surface area contributed by atoms with Crippen molar-refractivity contribution in [3.63, 3.8) is 0 Å². The summed E-state index contributed by atoms with van der Waals surface area (Å²) < 4.78 is 6.18. The monoisotopic (exact) mass is 326 g/mol. The standard InChI is InChI=1S/C13H15BrN2OS/c1-15-6-5-10-8-18-13(16-10)9-3-4-12(17-2)11(14)7-9/h3-4,7-8,15H,5-6H2,1-2H3. The fourth-order valence-corrected chi connectivity index (χ4v) is 3.00. The van der Waals surface area contributed by atoms with Crippen LogP contribution in [0.4, 0.5) is 0 Å². The molecular formula is C13H15BrN2OS. The van der Waals surface area contributed by atoms with Gasteiger partial charge in [-0.1, -0.05) is 0 Å². The third-order valence-electron chi connectivity index (χ3n) is 2.58. The summed E-state index contributed by atoms with van der Waals surface area (Å²) in [4.78, 5) is 4.63. The Morgan fingerprint density at radius 3 is 2.94 bits per heavy atom. The number of nitrogens with one attached hydrogen (secondary N) is 1. The van der Waals surface area contributed by atoms with E-state index in [9.17, 15) is 0 Å². The highest BCUT2D eigenvalue weighted by Crippen LogP contribution is 2.31. The highest BCUT2D eigenvalue weighted by Gasteiger charge is 2.07. The van der Waals surface area contributed by atoms with Crippen LogP contribution in [0, 0.1) is 0 Å². The van der Waals surface area contributed by atoms with Crippen molar-refractivity contribution in [3.8, 4) is 16.3 Å². The van der Waals surface area contributed by atoms with E-state index in [1.165, 1.54) is 0 Å². The van der Waals surface area contributed by atoms with Gasteiger partial charge in [0.25, 0.3) is 0 Å². The van der Waals surface area contributed by atoms with Gasteiger partial charge in [-0.15, -0.1) is 11.3 Å². The molecule has 2 rings (SSSR count). The number of thiazole rings is 1. The Balaban J connectivity index is 2.20. The van der Waals surface area contributed by atoms with E-state index >= 15 is 0 Å². The zero-order chi connectivity index (χ0) is 13.0. The molecule has 1 aromatic carbocycles. The average Bonchev–Trinajstić information content (AvgIpc) is 2.85. The number of hydrogen-bond acceptors (Lipinski definition) is 4. The Morgan fingerprint density at radius 2 is 2.28 bits per heavy atom. The first-order chi connectivity index (χ1) is 8.74. The van der Waals surface area contributed by atoms with Crippen LogP contribution in [-0.2, 0) is 6.42 Å². The summed E-state index contributed by atoms with van der Waals surface area (Å²) >= 11 is 5.17. The molecule has 5 heteroatoms. The summed E-state index contributed by atoms with van der Waals surface area (Å²) in [6, 6.07) is 6.03. The summed E-state index contributed by atoms with van der Waals surface area (Å²) in [6.45, 7) is 0.954. The predicted octanol–water partition coefficient (Wildman–Crippen LogP) is 3.34. The summed E-state index contributed by atoms with van der Waals surface area (Å²) in [7, 11) is 3.62. The smallest absolute Gasteiger partial charge is 0.133 e. The Morgan fingerprint density at radius 1 is 1.44 bits per heavy atom. The van der Waals surface area contributed by atoms with Crippen LogP contribution in [0.1, 0.15) is 5.69 Å². The second-order valence-corrected chi connectivity index (χ2v) is 5.56. The van der Waals surface area contributed by atoms with E-state index in [1.54, 1.807) is 18.4 Å². The molecule has 0 amide bonds. The van der Waals surface area contributed by atoms with Gasteiger partial charge in [0.2, 0.25) is 0 Å². The van der Waals surface area contributed by atoms with Crippen molar-refractivity contribution in [3.05, 3.63) is 33.7 Å². The minimum atomic E-state index is 0.839. The number of hydrogen-bond donors (Lipinski definition) is 1. The molecular weight excluding hydrogens is 312 g/mol. The van der Waals surface area contributed by atoms with Gasteiger partial charge < -0.3 is 10.1 Å². The van der Waals surface area contributed by atoms with Gasteiger partial charge in [0.15, 0.2) is 0 Å². The van der Waals surface area contributed by atoms with Crippen molar-refractivity contribution in [1.29, 1.82) is 0 Å². The predicted molar refractivity (Wildman–Crippen MR) is 79.4 cm³/mol. The Kier molecular flexibility index (Phi) is 4.74. The lowest BCUT2D eigenvalue weighted by atomic mass is 10.2. The quantitative estimate of drug-likeness (QED) is 0.915. The van der Waals surface area contributed by atoms with Crippen LogP contribution in [0.5, 0.6) is 5.75 Å². The van der Waals surface area contributed by atoms with Crippen molar-refractivity contribution in [2.75, 3.05) is 20.7 Å². The zero-order valence-electron chi connectivity index (χ0n) is 10.4. The molecule has 0 saturated heterocycles. The summed E-state index contributed by atoms with van der Waals surface area (Å²) in [5, 5.41) is 6.29. The second-order valence-electron chi connectivity index (χ2n) is 3.85. The van der Waals surface area contributed by atoms with E-state index in [0.29, 0.717) is 0 Å². The Labute approximate surface area is 119 Å². The van der Waals surface area contributed by atoms with E-state index in [-0.39, 0.29) is 0 Å². The van der Waals surface area contributed by atoms with Crippen molar-refractivity contribution >= 4 is 27.3 Å². The number of benzene rings is 1. The molecule has 1 aromatic heterocycles. The van der Waals surface area contributed by atoms with Crippen LogP contribution in [0.3, 0.4) is 0 Å². The Bertz CT molecular complexity index is 527. The van der Waals surface area contributed by atoms with Gasteiger partial charge in [0.1, 0.15) is 10.8 Å². The molecule has 0 aliphatic carbocycles. The number of halogens is 1. The maximum atomic E-state index is 5.22. The molecule has 0 saturated carbocycles. The van der Waals surface area contributed by atoms with E-state index in [2.05, 4.69) is 31.6 Å². The van der Waals surface area contributed by atoms with Crippen LogP contribution in [-0.4, -0.2) is 25.7 Å². The van der Waals surface area contributed by atoms with Crippen molar-refractivity contribution in [1.82, 2.24) is 10.3 Å². The molecule has 0 radical (unpaired) electrons. The van der Waals surface area contributed by atoms with E-state index < -0.39 is 0 Å². The lowest BCUT2D eigenvalue weighted by molar-refractivity contribution is 0.412. The maximum Gasteiger partial charge on any atom is 0.133 e. The van der Waals surface area contributed by atoms with Gasteiger partial charge in [-0.2, -0.15) is 0 Å². The molecule has 2 aromatic rings. The first kappa shape index (κ1) is 13.5. The maximum absolute atomic E-state index is 5.22. The number of rotatable bonds is 5. The zero-order valence-corrected chi connectivity index (χ0v) is 12.8. The first-order valence-electron chi connectivity index (χ1n) is 5.67. The average molecular weight is 327 g/mol. The van der Waals surface area contributed by atoms with Crippen molar-refractivity contribution in [2.24, 2.45) is 0 Å². The highest BCUT2D eigenvalue weighted by atomic mass is 79.9. The van der Waals surface area contributed by atoms with Crippen LogP contribution in [0.15, 0.2) is 28.1 Å². The fourth-order valence-electron chi connectivity index (χ4n) is 1.61. The molecule has 1 N–H and O–H groups in total. The van der Waals surface area contributed by atoms with Gasteiger partial charge in [0.05, 0.1) is 17.3 Å². The van der Waals surface area contributed by atoms with Crippen molar-refractivity contribution in [2.45, 2.75) is 6.42 Å². The van der Waals surface area contributed by atoms with Gasteiger partial charge in [-0.05, 0) is 41.2 Å². The van der Waals surface area contributed by atoms with E-state index in [1.807, 2.05) is 25.2 Å². The number of likely N-dealkylation sites (N-methyl/N-ethyl adjacent to an activating group) is 1. The molecule has 0 bridgehead atoms. The summed E-state index contributed by atoms with van der Waals surface area (Å²) in [5.41, 5.74) is 2.25. The molecule has 1 heterocycles. The topological polar surface area (TPSA) is 34.1 Å². The van der Waals surface area contributed by atoms with Crippen LogP contribution >= 0.6 is 27.3 Å². The minimum Gasteiger partial charge on any atom is -0.496 e. The summed E-state index contributed by atoms with van der Waals surface area (Å²) in [6.07, 6.45) is 0.963. The molecule has 0 atom stereocenters. The minimum absolute atomic E-state index is 0.839. The number of ether oxygens (including phenoxy) is 1. The third kappa shape index (κ3) is 3.10. The summed E-state index contributed by atoms with van der Waals surface area (Å²) in [5.74, 6) is 0.839. The van der Waals surface area contributed by atoms with Crippen molar-refractivity contribution < 1.29 is 4.74 Å². The van der Waals surface area contributed by atoms with Gasteiger partial charge in [0, 0.05) is 23.9 Å². The molecule has 0 aliphatic heterocycles. The van der Waals surface area contributed by atoms with E-state index in [0.717, 1.165) is 39.5 Å². The lowest BCUT2D eigenvalue weighted by Gasteiger charge is -2.04. The fraction of sp³-hybridized carbons (Fsp3) is 0.308. The number of nitrogens with zero attached hydrogens (tertiary/aromatic N) is 1. The highest BCUT2D eigenvalue weighted by molar-refractivity contribution is 9.10. The number of aromatic nitrogens is 1. The van der Waals surface area contributed by atoms with Crippen LogP contribution in [0.2, 0.25) is 0 Å². The molecule has 0 aliphatic rings. The molecule has 3 nitrogen and oxygen atoms in total. The van der Waals surface area contributed by atoms with Gasteiger partial charge in [-0.3, -0.25) is 0 Å². The normalized spacial score (nSPS) is 10.6. The molecule has 96 valence electrons. The lowest BCUT2D eigenvalue weighted by Crippen LogP contribution is -2.10. The van der Waals surface area contributed by atoms with Gasteiger partial charge in [-0.25, -0.2) is 4.98 Å². The number of methoxy groups -OCH3 is 1. The first-order valence-corrected chi connectivity index (χ1v) is 7.34.